The number of fused-ring (bicyclic) bond motifs is 1. The molecule has 1 heterocycles. The van der Waals surface area contributed by atoms with Gasteiger partial charge in [-0.2, -0.15) is 0 Å². The zero-order chi connectivity index (χ0) is 26.9. The number of carbonyl (C=O) groups excluding carboxylic acids is 2. The van der Waals surface area contributed by atoms with Crippen molar-refractivity contribution in [3.8, 4) is 0 Å². The molecular formula is C23H14Cl4N4O5S. The van der Waals surface area contributed by atoms with E-state index in [0.29, 0.717) is 16.7 Å². The summed E-state index contributed by atoms with van der Waals surface area (Å²) in [6.07, 6.45) is -0.635. The summed E-state index contributed by atoms with van der Waals surface area (Å²) >= 11 is 25.6. The topological polar surface area (TPSA) is 133 Å². The Morgan fingerprint density at radius 3 is 2.14 bits per heavy atom. The zero-order valence-corrected chi connectivity index (χ0v) is 22.3. The molecular weight excluding hydrogens is 586 g/mol. The van der Waals surface area contributed by atoms with E-state index < -0.39 is 29.1 Å². The maximum atomic E-state index is 12.9. The van der Waals surface area contributed by atoms with Crippen molar-refractivity contribution in [3.63, 3.8) is 0 Å². The summed E-state index contributed by atoms with van der Waals surface area (Å²) in [5.41, 5.74) is 0.805. The summed E-state index contributed by atoms with van der Waals surface area (Å²) in [6, 6.07) is 12.4. The monoisotopic (exact) mass is 598 g/mol. The molecule has 3 aromatic carbocycles. The minimum absolute atomic E-state index is 0.224. The number of aromatic amines is 1. The number of carboxylic acids is 1. The average molecular weight is 600 g/mol. The van der Waals surface area contributed by atoms with Crippen LogP contribution in [0, 0.1) is 0 Å². The third-order valence-electron chi connectivity index (χ3n) is 4.92. The third-order valence-corrected chi connectivity index (χ3v) is 7.71. The summed E-state index contributed by atoms with van der Waals surface area (Å²) < 4.78 is 4.56. The Hall–Kier alpha value is -3.15. The molecule has 4 rings (SSSR count). The van der Waals surface area contributed by atoms with Gasteiger partial charge in [-0.15, -0.1) is 0 Å². The number of imidazole rings is 1. The fourth-order valence-electron chi connectivity index (χ4n) is 3.24. The number of nitrogens with zero attached hydrogens (tertiary/aromatic N) is 1. The third kappa shape index (κ3) is 5.73. The van der Waals surface area contributed by atoms with Crippen LogP contribution in [0.2, 0.25) is 20.1 Å². The second kappa shape index (κ2) is 11.1. The lowest BCUT2D eigenvalue weighted by Crippen LogP contribution is -2.18. The Kier molecular flexibility index (Phi) is 8.05. The molecule has 0 spiro atoms. The van der Waals surface area contributed by atoms with Crippen LogP contribution >= 0.6 is 58.2 Å². The summed E-state index contributed by atoms with van der Waals surface area (Å²) in [5.74, 6) is -2.03. The van der Waals surface area contributed by atoms with Gasteiger partial charge in [0.2, 0.25) is 5.95 Å². The van der Waals surface area contributed by atoms with E-state index in [0.717, 1.165) is 9.79 Å². The van der Waals surface area contributed by atoms with Gasteiger partial charge in [-0.05, 0) is 42.5 Å². The summed E-state index contributed by atoms with van der Waals surface area (Å²) in [5, 5.41) is 13.4. The highest BCUT2D eigenvalue weighted by molar-refractivity contribution is 7.99. The molecule has 37 heavy (non-hydrogen) atoms. The van der Waals surface area contributed by atoms with E-state index >= 15 is 0 Å². The van der Waals surface area contributed by atoms with Crippen molar-refractivity contribution in [2.75, 3.05) is 17.7 Å². The zero-order valence-electron chi connectivity index (χ0n) is 18.5. The minimum atomic E-state index is -1.48. The predicted molar refractivity (Wildman–Crippen MR) is 144 cm³/mol. The van der Waals surface area contributed by atoms with Crippen molar-refractivity contribution >= 4 is 98.8 Å². The number of carbonyl (C=O) groups is 3. The number of aromatic carboxylic acids is 1. The molecule has 0 bridgehead atoms. The van der Waals surface area contributed by atoms with Crippen molar-refractivity contribution in [1.29, 1.82) is 0 Å². The normalized spacial score (nSPS) is 10.8. The van der Waals surface area contributed by atoms with Crippen molar-refractivity contribution in [2.45, 2.75) is 9.79 Å². The van der Waals surface area contributed by atoms with Gasteiger partial charge < -0.3 is 20.1 Å². The summed E-state index contributed by atoms with van der Waals surface area (Å²) in [7, 11) is 1.26. The van der Waals surface area contributed by atoms with Gasteiger partial charge in [-0.25, -0.2) is 14.6 Å². The predicted octanol–water partition coefficient (Wildman–Crippen LogP) is 7.46. The van der Waals surface area contributed by atoms with Gasteiger partial charge in [0.1, 0.15) is 0 Å². The van der Waals surface area contributed by atoms with E-state index in [1.54, 1.807) is 30.3 Å². The van der Waals surface area contributed by atoms with Crippen molar-refractivity contribution in [1.82, 2.24) is 9.97 Å². The first-order valence-corrected chi connectivity index (χ1v) is 12.4. The Bertz CT molecular complexity index is 1560. The van der Waals surface area contributed by atoms with E-state index in [9.17, 15) is 19.5 Å². The Balaban J connectivity index is 1.51. The van der Waals surface area contributed by atoms with Gasteiger partial charge in [0.15, 0.2) is 0 Å². The number of amides is 2. The highest BCUT2D eigenvalue weighted by Crippen LogP contribution is 2.42. The smallest absolute Gasteiger partial charge is 0.413 e. The van der Waals surface area contributed by atoms with E-state index in [4.69, 9.17) is 46.4 Å². The van der Waals surface area contributed by atoms with E-state index in [1.807, 2.05) is 12.1 Å². The number of hydrogen-bond acceptors (Lipinski definition) is 6. The molecule has 0 radical (unpaired) electrons. The van der Waals surface area contributed by atoms with Gasteiger partial charge in [-0.3, -0.25) is 10.1 Å². The molecule has 0 saturated heterocycles. The van der Waals surface area contributed by atoms with Crippen LogP contribution in [0.4, 0.5) is 16.4 Å². The van der Waals surface area contributed by atoms with Crippen molar-refractivity contribution in [2.24, 2.45) is 0 Å². The number of aromatic nitrogens is 2. The SMILES string of the molecule is COC(=O)Nc1nc2ccc(Sc3ccc(NC(=O)c4c(Cl)c(Cl)c(Cl)c(Cl)c4C(=O)O)cc3)cc2[nH]1. The molecule has 14 heteroatoms. The van der Waals surface area contributed by atoms with Crippen LogP contribution in [-0.4, -0.2) is 40.2 Å². The summed E-state index contributed by atoms with van der Waals surface area (Å²) in [6.45, 7) is 0. The molecule has 0 atom stereocenters. The molecule has 1 aromatic heterocycles. The number of carboxylic acid groups (broad SMARTS) is 1. The minimum Gasteiger partial charge on any atom is -0.478 e. The average Bonchev–Trinajstić information content (AvgIpc) is 3.26. The standard InChI is InChI=1S/C23H14Cl4N4O5S/c1-36-23(35)31-22-29-12-7-6-11(8-13(12)30-22)37-10-4-2-9(3-5-10)28-20(32)14-15(21(33)34)17(25)19(27)18(26)16(14)24/h2-8H,1H3,(H,28,32)(H,33,34)(H2,29,30,31,35). The molecule has 190 valence electrons. The lowest BCUT2D eigenvalue weighted by molar-refractivity contribution is 0.0692. The van der Waals surface area contributed by atoms with E-state index in [-0.39, 0.29) is 26.0 Å². The number of benzene rings is 3. The van der Waals surface area contributed by atoms with E-state index in [1.165, 1.54) is 18.9 Å². The number of halogens is 4. The highest BCUT2D eigenvalue weighted by Gasteiger charge is 2.29. The fraction of sp³-hybridized carbons (Fsp3) is 0.0435. The highest BCUT2D eigenvalue weighted by atomic mass is 35.5. The second-order valence-corrected chi connectivity index (χ2v) is 9.93. The van der Waals surface area contributed by atoms with Gasteiger partial charge in [-0.1, -0.05) is 58.2 Å². The van der Waals surface area contributed by atoms with Crippen LogP contribution in [0.25, 0.3) is 11.0 Å². The quantitative estimate of drug-likeness (QED) is 0.133. The number of methoxy groups -OCH3 is 1. The lowest BCUT2D eigenvalue weighted by Gasteiger charge is -2.14. The number of hydrogen-bond donors (Lipinski definition) is 4. The largest absolute Gasteiger partial charge is 0.478 e. The lowest BCUT2D eigenvalue weighted by atomic mass is 10.1. The fourth-order valence-corrected chi connectivity index (χ4v) is 5.12. The molecule has 4 aromatic rings. The number of anilines is 2. The van der Waals surface area contributed by atoms with Gasteiger partial charge >= 0.3 is 12.1 Å². The molecule has 0 unspecified atom stereocenters. The van der Waals surface area contributed by atoms with Gasteiger partial charge in [0.25, 0.3) is 5.91 Å². The van der Waals surface area contributed by atoms with Crippen LogP contribution in [0.5, 0.6) is 0 Å². The molecule has 0 aliphatic heterocycles. The van der Waals surface area contributed by atoms with Crippen LogP contribution in [0.3, 0.4) is 0 Å². The van der Waals surface area contributed by atoms with Crippen LogP contribution in [0.1, 0.15) is 20.7 Å². The van der Waals surface area contributed by atoms with Crippen LogP contribution in [-0.2, 0) is 4.74 Å². The van der Waals surface area contributed by atoms with E-state index in [2.05, 4.69) is 25.3 Å². The number of ether oxygens (including phenoxy) is 1. The first-order chi connectivity index (χ1) is 17.6. The number of rotatable bonds is 6. The van der Waals surface area contributed by atoms with Crippen molar-refractivity contribution in [3.05, 3.63) is 73.7 Å². The molecule has 9 nitrogen and oxygen atoms in total. The molecule has 4 N–H and O–H groups in total. The van der Waals surface area contributed by atoms with Crippen LogP contribution in [0.15, 0.2) is 52.3 Å². The number of H-pyrrole nitrogens is 1. The van der Waals surface area contributed by atoms with Crippen LogP contribution < -0.4 is 10.6 Å². The summed E-state index contributed by atoms with van der Waals surface area (Å²) in [4.78, 5) is 45.0. The first kappa shape index (κ1) is 26.9. The number of nitrogens with one attached hydrogen (secondary N) is 3. The second-order valence-electron chi connectivity index (χ2n) is 7.27. The Morgan fingerprint density at radius 1 is 0.892 bits per heavy atom. The Morgan fingerprint density at radius 2 is 1.51 bits per heavy atom. The maximum absolute atomic E-state index is 12.9. The molecule has 0 fully saturated rings. The van der Waals surface area contributed by atoms with Gasteiger partial charge in [0, 0.05) is 15.5 Å². The van der Waals surface area contributed by atoms with Gasteiger partial charge in [0.05, 0.1) is 49.4 Å². The Labute approximate surface area is 233 Å². The van der Waals surface area contributed by atoms with Crippen molar-refractivity contribution < 1.29 is 24.2 Å². The molecule has 2 amide bonds. The first-order valence-electron chi connectivity index (χ1n) is 10.1. The molecule has 0 aliphatic rings. The molecule has 0 aliphatic carbocycles. The maximum Gasteiger partial charge on any atom is 0.413 e. The molecule has 0 saturated carbocycles.